The number of benzene rings is 1. The van der Waals surface area contributed by atoms with Crippen molar-refractivity contribution in [3.05, 3.63) is 39.7 Å². The van der Waals surface area contributed by atoms with E-state index in [1.807, 2.05) is 30.5 Å². The third-order valence-corrected chi connectivity index (χ3v) is 3.70. The van der Waals surface area contributed by atoms with Crippen LogP contribution in [0.3, 0.4) is 0 Å². The zero-order valence-electron chi connectivity index (χ0n) is 10.1. The van der Waals surface area contributed by atoms with Gasteiger partial charge in [0.2, 0.25) is 5.88 Å². The minimum Gasteiger partial charge on any atom is -0.367 e. The Kier molecular flexibility index (Phi) is 3.00. The predicted molar refractivity (Wildman–Crippen MR) is 77.2 cm³/mol. The van der Waals surface area contributed by atoms with Crippen LogP contribution < -0.4 is 5.73 Å². The fraction of sp³-hybridized carbons (Fsp3) is 0.0769. The van der Waals surface area contributed by atoms with Gasteiger partial charge in [-0.15, -0.1) is 11.3 Å². The number of aryl methyl sites for hydroxylation is 1. The van der Waals surface area contributed by atoms with E-state index in [9.17, 15) is 0 Å². The highest BCUT2D eigenvalue weighted by Gasteiger charge is 2.19. The molecule has 19 heavy (non-hydrogen) atoms. The summed E-state index contributed by atoms with van der Waals surface area (Å²) in [6, 6.07) is 7.41. The Morgan fingerprint density at radius 1 is 1.37 bits per heavy atom. The van der Waals surface area contributed by atoms with Crippen molar-refractivity contribution in [2.45, 2.75) is 6.92 Å². The lowest BCUT2D eigenvalue weighted by molar-refractivity contribution is 0.439. The van der Waals surface area contributed by atoms with Gasteiger partial charge in [0, 0.05) is 10.4 Å². The summed E-state index contributed by atoms with van der Waals surface area (Å²) in [5.74, 6) is 0.267. The van der Waals surface area contributed by atoms with Crippen molar-refractivity contribution in [1.82, 2.24) is 10.1 Å². The van der Waals surface area contributed by atoms with Gasteiger partial charge >= 0.3 is 0 Å². The van der Waals surface area contributed by atoms with Crippen LogP contribution in [0.2, 0.25) is 5.02 Å². The number of nitrogens with zero attached hydrogens (tertiary/aromatic N) is 2. The Balaban J connectivity index is 2.19. The van der Waals surface area contributed by atoms with Gasteiger partial charge in [-0.05, 0) is 24.6 Å². The predicted octanol–water partition coefficient (Wildman–Crippen LogP) is 4.01. The lowest BCUT2D eigenvalue weighted by Gasteiger charge is -2.01. The topological polar surface area (TPSA) is 64.9 Å². The maximum absolute atomic E-state index is 6.01. The Hall–Kier alpha value is -1.85. The minimum atomic E-state index is 0.267. The fourth-order valence-corrected chi connectivity index (χ4v) is 2.66. The Labute approximate surface area is 118 Å². The molecule has 3 aromatic rings. The SMILES string of the molecule is Cc1nc(-c2noc(N)c2-c2cccc(Cl)c2)cs1. The molecule has 2 N–H and O–H groups in total. The molecular formula is C13H10ClN3OS. The summed E-state index contributed by atoms with van der Waals surface area (Å²) < 4.78 is 5.10. The molecule has 0 saturated carbocycles. The third-order valence-electron chi connectivity index (χ3n) is 2.69. The summed E-state index contributed by atoms with van der Waals surface area (Å²) in [4.78, 5) is 4.41. The lowest BCUT2D eigenvalue weighted by Crippen LogP contribution is -1.88. The van der Waals surface area contributed by atoms with Crippen molar-refractivity contribution >= 4 is 28.8 Å². The van der Waals surface area contributed by atoms with Crippen LogP contribution in [0.15, 0.2) is 34.2 Å². The molecule has 2 heterocycles. The average Bonchev–Trinajstić information content (AvgIpc) is 2.95. The number of rotatable bonds is 2. The van der Waals surface area contributed by atoms with Gasteiger partial charge in [0.15, 0.2) is 0 Å². The van der Waals surface area contributed by atoms with Crippen molar-refractivity contribution in [3.63, 3.8) is 0 Å². The molecule has 96 valence electrons. The van der Waals surface area contributed by atoms with E-state index >= 15 is 0 Å². The molecule has 4 nitrogen and oxygen atoms in total. The number of thiazole rings is 1. The van der Waals surface area contributed by atoms with Crippen molar-refractivity contribution in [2.24, 2.45) is 0 Å². The zero-order valence-corrected chi connectivity index (χ0v) is 11.6. The first-order chi connectivity index (χ1) is 9.15. The number of hydrogen-bond donors (Lipinski definition) is 1. The van der Waals surface area contributed by atoms with E-state index in [1.54, 1.807) is 17.4 Å². The van der Waals surface area contributed by atoms with E-state index in [0.29, 0.717) is 10.7 Å². The molecule has 0 amide bonds. The molecule has 3 rings (SSSR count). The van der Waals surface area contributed by atoms with Gasteiger partial charge in [-0.2, -0.15) is 0 Å². The molecule has 6 heteroatoms. The normalized spacial score (nSPS) is 10.8. The van der Waals surface area contributed by atoms with E-state index in [2.05, 4.69) is 10.1 Å². The van der Waals surface area contributed by atoms with Crippen LogP contribution in [0, 0.1) is 6.92 Å². The molecule has 0 aliphatic heterocycles. The maximum atomic E-state index is 6.01. The van der Waals surface area contributed by atoms with Crippen LogP contribution in [-0.2, 0) is 0 Å². The second-order valence-corrected chi connectivity index (χ2v) is 5.53. The summed E-state index contributed by atoms with van der Waals surface area (Å²) in [6.45, 7) is 1.94. The van der Waals surface area contributed by atoms with Gasteiger partial charge in [-0.1, -0.05) is 28.9 Å². The Morgan fingerprint density at radius 3 is 2.89 bits per heavy atom. The summed E-state index contributed by atoms with van der Waals surface area (Å²) in [6.07, 6.45) is 0. The van der Waals surface area contributed by atoms with Gasteiger partial charge in [0.05, 0.1) is 10.6 Å². The highest BCUT2D eigenvalue weighted by molar-refractivity contribution is 7.09. The molecule has 2 aromatic heterocycles. The molecule has 0 aliphatic rings. The van der Waals surface area contributed by atoms with E-state index in [1.165, 1.54) is 0 Å². The van der Waals surface area contributed by atoms with E-state index in [0.717, 1.165) is 21.8 Å². The van der Waals surface area contributed by atoms with E-state index in [4.69, 9.17) is 21.9 Å². The van der Waals surface area contributed by atoms with Gasteiger partial charge in [0.25, 0.3) is 0 Å². The number of aromatic nitrogens is 2. The van der Waals surface area contributed by atoms with E-state index in [-0.39, 0.29) is 5.88 Å². The van der Waals surface area contributed by atoms with Crippen molar-refractivity contribution in [3.8, 4) is 22.5 Å². The van der Waals surface area contributed by atoms with Crippen molar-refractivity contribution < 1.29 is 4.52 Å². The van der Waals surface area contributed by atoms with Crippen LogP contribution >= 0.6 is 22.9 Å². The number of hydrogen-bond acceptors (Lipinski definition) is 5. The van der Waals surface area contributed by atoms with Gasteiger partial charge < -0.3 is 10.3 Å². The molecule has 0 spiro atoms. The molecular weight excluding hydrogens is 282 g/mol. The Morgan fingerprint density at radius 2 is 2.21 bits per heavy atom. The molecule has 1 aromatic carbocycles. The highest BCUT2D eigenvalue weighted by atomic mass is 35.5. The standard InChI is InChI=1S/C13H10ClN3OS/c1-7-16-10(6-19-7)12-11(13(15)18-17-12)8-3-2-4-9(14)5-8/h2-6H,15H2,1H3. The Bertz CT molecular complexity index is 735. The number of nitrogen functional groups attached to an aromatic ring is 1. The molecule has 0 radical (unpaired) electrons. The quantitative estimate of drug-likeness (QED) is 0.775. The summed E-state index contributed by atoms with van der Waals surface area (Å²) >= 11 is 7.57. The van der Waals surface area contributed by atoms with Crippen molar-refractivity contribution in [2.75, 3.05) is 5.73 Å². The van der Waals surface area contributed by atoms with Crippen LogP contribution in [0.4, 0.5) is 5.88 Å². The first kappa shape index (κ1) is 12.2. The van der Waals surface area contributed by atoms with Gasteiger partial charge in [-0.3, -0.25) is 0 Å². The molecule has 0 saturated heterocycles. The first-order valence-corrected chi connectivity index (χ1v) is 6.84. The molecule has 0 atom stereocenters. The fourth-order valence-electron chi connectivity index (χ4n) is 1.87. The first-order valence-electron chi connectivity index (χ1n) is 5.59. The lowest BCUT2D eigenvalue weighted by atomic mass is 10.0. The molecule has 0 aliphatic carbocycles. The van der Waals surface area contributed by atoms with Crippen LogP contribution in [0.5, 0.6) is 0 Å². The summed E-state index contributed by atoms with van der Waals surface area (Å²) in [7, 11) is 0. The van der Waals surface area contributed by atoms with Crippen LogP contribution in [0.25, 0.3) is 22.5 Å². The number of halogens is 1. The molecule has 0 bridgehead atoms. The third kappa shape index (κ3) is 2.22. The maximum Gasteiger partial charge on any atom is 0.230 e. The number of anilines is 1. The summed E-state index contributed by atoms with van der Waals surface area (Å²) in [5.41, 5.74) is 8.87. The van der Waals surface area contributed by atoms with Crippen LogP contribution in [0.1, 0.15) is 5.01 Å². The highest BCUT2D eigenvalue weighted by Crippen LogP contribution is 2.37. The van der Waals surface area contributed by atoms with Crippen LogP contribution in [-0.4, -0.2) is 10.1 Å². The zero-order chi connectivity index (χ0) is 13.4. The second-order valence-electron chi connectivity index (χ2n) is 4.03. The monoisotopic (exact) mass is 291 g/mol. The second kappa shape index (κ2) is 4.68. The molecule has 0 fully saturated rings. The molecule has 0 unspecified atom stereocenters. The summed E-state index contributed by atoms with van der Waals surface area (Å²) in [5, 5.41) is 7.54. The largest absolute Gasteiger partial charge is 0.367 e. The minimum absolute atomic E-state index is 0.267. The van der Waals surface area contributed by atoms with Gasteiger partial charge in [-0.25, -0.2) is 4.98 Å². The number of nitrogens with two attached hydrogens (primary N) is 1. The van der Waals surface area contributed by atoms with E-state index < -0.39 is 0 Å². The van der Waals surface area contributed by atoms with Crippen molar-refractivity contribution in [1.29, 1.82) is 0 Å². The van der Waals surface area contributed by atoms with Gasteiger partial charge in [0.1, 0.15) is 11.4 Å². The average molecular weight is 292 g/mol. The smallest absolute Gasteiger partial charge is 0.230 e.